The summed E-state index contributed by atoms with van der Waals surface area (Å²) in [5.41, 5.74) is 5.22. The van der Waals surface area contributed by atoms with Gasteiger partial charge in [0.1, 0.15) is 17.2 Å². The predicted molar refractivity (Wildman–Crippen MR) is 167 cm³/mol. The number of esters is 1. The number of nitrogens with one attached hydrogen (secondary N) is 2. The zero-order valence-corrected chi connectivity index (χ0v) is 26.5. The molecule has 0 saturated carbocycles. The number of hydrogen-bond acceptors (Lipinski definition) is 8. The van der Waals surface area contributed by atoms with Gasteiger partial charge >= 0.3 is 5.97 Å². The first kappa shape index (κ1) is 33.1. The first-order valence-corrected chi connectivity index (χ1v) is 15.1. The Morgan fingerprint density at radius 2 is 1.84 bits per heavy atom. The molecule has 0 unspecified atom stereocenters. The molecule has 1 aliphatic rings. The molecule has 0 fully saturated rings. The van der Waals surface area contributed by atoms with Crippen LogP contribution in [0.3, 0.4) is 0 Å². The van der Waals surface area contributed by atoms with Crippen molar-refractivity contribution in [2.24, 2.45) is 4.99 Å². The first-order chi connectivity index (χ1) is 21.0. The van der Waals surface area contributed by atoms with E-state index in [1.165, 1.54) is 12.1 Å². The minimum absolute atomic E-state index is 0.0206. The lowest BCUT2D eigenvalue weighted by atomic mass is 9.83. The number of halogens is 2. The third kappa shape index (κ3) is 8.64. The van der Waals surface area contributed by atoms with Crippen molar-refractivity contribution in [2.75, 3.05) is 13.2 Å². The molecule has 0 aliphatic carbocycles. The second kappa shape index (κ2) is 14.8. The van der Waals surface area contributed by atoms with Gasteiger partial charge in [-0.1, -0.05) is 46.3 Å². The standard InChI is InChI=1S/C33H37BrFN3O6/c1-32(2,3)44-28(40)16-17-33(31(41)38-36-21-22-8-6-9-24(35)20-22)29(26-10-4-5-11-27(26)34)43-30(37-33)23-12-14-25(15-13-23)42-19-7-18-39/h4-6,8-15,20,29,36,39H,7,16-19,21H2,1-3H3,(H,38,41)/t29-,33-/m0/s1. The van der Waals surface area contributed by atoms with Gasteiger partial charge in [0.05, 0.1) is 6.61 Å². The average Bonchev–Trinajstić information content (AvgIpc) is 3.37. The topological polar surface area (TPSA) is 118 Å². The lowest BCUT2D eigenvalue weighted by Gasteiger charge is -2.31. The summed E-state index contributed by atoms with van der Waals surface area (Å²) >= 11 is 3.59. The molecule has 2 atom stereocenters. The Morgan fingerprint density at radius 3 is 2.52 bits per heavy atom. The monoisotopic (exact) mass is 669 g/mol. The number of benzene rings is 3. The van der Waals surface area contributed by atoms with Crippen molar-refractivity contribution >= 4 is 33.7 Å². The highest BCUT2D eigenvalue weighted by molar-refractivity contribution is 9.10. The van der Waals surface area contributed by atoms with Crippen LogP contribution in [0.5, 0.6) is 5.75 Å². The number of ether oxygens (including phenoxy) is 3. The van der Waals surface area contributed by atoms with Gasteiger partial charge in [0.25, 0.3) is 5.91 Å². The summed E-state index contributed by atoms with van der Waals surface area (Å²) < 4.78 is 32.1. The predicted octanol–water partition coefficient (Wildman–Crippen LogP) is 5.55. The van der Waals surface area contributed by atoms with Gasteiger partial charge in [-0.05, 0) is 75.2 Å². The molecule has 0 saturated heterocycles. The van der Waals surface area contributed by atoms with Gasteiger partial charge in [-0.15, -0.1) is 0 Å². The van der Waals surface area contributed by atoms with Gasteiger partial charge in [0, 0.05) is 41.6 Å². The average molecular weight is 671 g/mol. The number of carbonyl (C=O) groups is 2. The van der Waals surface area contributed by atoms with Crippen molar-refractivity contribution in [2.45, 2.75) is 63.8 Å². The molecule has 44 heavy (non-hydrogen) atoms. The van der Waals surface area contributed by atoms with Crippen LogP contribution in [0, 0.1) is 5.82 Å². The van der Waals surface area contributed by atoms with E-state index in [9.17, 15) is 14.0 Å². The number of aliphatic hydroxyl groups excluding tert-OH is 1. The van der Waals surface area contributed by atoms with Gasteiger partial charge in [-0.2, -0.15) is 0 Å². The van der Waals surface area contributed by atoms with Crippen molar-refractivity contribution in [3.05, 3.63) is 99.8 Å². The Labute approximate surface area is 264 Å². The van der Waals surface area contributed by atoms with Gasteiger partial charge in [0.15, 0.2) is 11.6 Å². The van der Waals surface area contributed by atoms with Crippen molar-refractivity contribution < 1.29 is 33.3 Å². The molecule has 1 amide bonds. The lowest BCUT2D eigenvalue weighted by molar-refractivity contribution is -0.155. The number of aliphatic imine (C=N–C) groups is 1. The molecule has 1 aliphatic heterocycles. The zero-order chi connectivity index (χ0) is 31.7. The number of nitrogens with zero attached hydrogens (tertiary/aromatic N) is 1. The fourth-order valence-corrected chi connectivity index (χ4v) is 5.19. The molecule has 0 aromatic heterocycles. The quantitative estimate of drug-likeness (QED) is 0.124. The summed E-state index contributed by atoms with van der Waals surface area (Å²) in [4.78, 5) is 31.9. The molecule has 9 nitrogen and oxygen atoms in total. The van der Waals surface area contributed by atoms with Crippen LogP contribution in [-0.4, -0.2) is 47.2 Å². The van der Waals surface area contributed by atoms with Gasteiger partial charge in [-0.25, -0.2) is 14.8 Å². The zero-order valence-electron chi connectivity index (χ0n) is 24.9. The Morgan fingerprint density at radius 1 is 1.09 bits per heavy atom. The second-order valence-electron chi connectivity index (χ2n) is 11.3. The van der Waals surface area contributed by atoms with E-state index in [0.717, 1.165) is 0 Å². The molecule has 1 heterocycles. The molecule has 0 spiro atoms. The van der Waals surface area contributed by atoms with E-state index in [1.54, 1.807) is 57.2 Å². The molecule has 3 aromatic rings. The minimum atomic E-state index is -1.58. The SMILES string of the molecule is CC(C)(C)OC(=O)CC[C@]1(C(=O)NNCc2cccc(F)c2)N=C(c2ccc(OCCCO)cc2)O[C@H]1c1ccccc1Br. The number of hydrogen-bond donors (Lipinski definition) is 3. The van der Waals surface area contributed by atoms with Crippen LogP contribution in [0.15, 0.2) is 82.3 Å². The molecule has 234 valence electrons. The summed E-state index contributed by atoms with van der Waals surface area (Å²) in [6, 6.07) is 20.4. The van der Waals surface area contributed by atoms with Crippen LogP contribution in [0.25, 0.3) is 0 Å². The van der Waals surface area contributed by atoms with Crippen LogP contribution in [0.2, 0.25) is 0 Å². The van der Waals surface area contributed by atoms with Crippen LogP contribution in [0.4, 0.5) is 4.39 Å². The molecular weight excluding hydrogens is 633 g/mol. The Bertz CT molecular complexity index is 1480. The molecular formula is C33H37BrFN3O6. The molecule has 3 N–H and O–H groups in total. The maximum Gasteiger partial charge on any atom is 0.306 e. The second-order valence-corrected chi connectivity index (χ2v) is 12.2. The maximum absolute atomic E-state index is 14.2. The van der Waals surface area contributed by atoms with Crippen LogP contribution in [0.1, 0.15) is 62.8 Å². The van der Waals surface area contributed by atoms with Crippen molar-refractivity contribution in [1.29, 1.82) is 0 Å². The summed E-state index contributed by atoms with van der Waals surface area (Å²) in [6.07, 6.45) is -0.527. The van der Waals surface area contributed by atoms with Gasteiger partial charge < -0.3 is 19.3 Å². The first-order valence-electron chi connectivity index (χ1n) is 14.4. The lowest BCUT2D eigenvalue weighted by Crippen LogP contribution is -2.52. The van der Waals surface area contributed by atoms with Crippen molar-refractivity contribution in [1.82, 2.24) is 10.9 Å². The third-order valence-corrected chi connectivity index (χ3v) is 7.45. The van der Waals surface area contributed by atoms with Gasteiger partial charge in [-0.3, -0.25) is 15.0 Å². The summed E-state index contributed by atoms with van der Waals surface area (Å²) in [7, 11) is 0. The fraction of sp³-hybridized carbons (Fsp3) is 0.364. The van der Waals surface area contributed by atoms with E-state index in [-0.39, 0.29) is 37.7 Å². The van der Waals surface area contributed by atoms with Crippen molar-refractivity contribution in [3.8, 4) is 5.75 Å². The van der Waals surface area contributed by atoms with E-state index in [4.69, 9.17) is 24.3 Å². The molecule has 3 aromatic carbocycles. The van der Waals surface area contributed by atoms with Crippen molar-refractivity contribution in [3.63, 3.8) is 0 Å². The van der Waals surface area contributed by atoms with E-state index >= 15 is 0 Å². The highest BCUT2D eigenvalue weighted by Crippen LogP contribution is 2.45. The van der Waals surface area contributed by atoms with Crippen LogP contribution >= 0.6 is 15.9 Å². The smallest absolute Gasteiger partial charge is 0.306 e. The maximum atomic E-state index is 14.2. The number of aliphatic hydroxyl groups is 1. The summed E-state index contributed by atoms with van der Waals surface area (Å²) in [5, 5.41) is 9.02. The number of rotatable bonds is 13. The molecule has 0 bridgehead atoms. The minimum Gasteiger partial charge on any atom is -0.494 e. The van der Waals surface area contributed by atoms with Crippen LogP contribution < -0.4 is 15.6 Å². The van der Waals surface area contributed by atoms with E-state index < -0.39 is 29.1 Å². The summed E-state index contributed by atoms with van der Waals surface area (Å²) in [6.45, 7) is 5.89. The molecule has 4 rings (SSSR count). The normalized spacial score (nSPS) is 17.9. The van der Waals surface area contributed by atoms with Gasteiger partial charge in [0.2, 0.25) is 5.90 Å². The Hall–Kier alpha value is -3.80. The highest BCUT2D eigenvalue weighted by Gasteiger charge is 2.54. The largest absolute Gasteiger partial charge is 0.494 e. The van der Waals surface area contributed by atoms with E-state index in [2.05, 4.69) is 26.8 Å². The number of hydrazine groups is 1. The van der Waals surface area contributed by atoms with E-state index in [0.29, 0.717) is 39.9 Å². The highest BCUT2D eigenvalue weighted by atomic mass is 79.9. The number of carbonyl (C=O) groups excluding carboxylic acids is 2. The van der Waals surface area contributed by atoms with Crippen LogP contribution in [-0.2, 0) is 25.6 Å². The van der Waals surface area contributed by atoms with E-state index in [1.807, 2.05) is 24.3 Å². The third-order valence-electron chi connectivity index (χ3n) is 6.73. The molecule has 0 radical (unpaired) electrons. The fourth-order valence-electron chi connectivity index (χ4n) is 4.70. The Balaban J connectivity index is 1.69. The Kier molecular flexibility index (Phi) is 11.1. The number of amides is 1. The molecule has 11 heteroatoms. The summed E-state index contributed by atoms with van der Waals surface area (Å²) in [5.74, 6) is -0.564.